The average Bonchev–Trinajstić information content (AvgIpc) is 2.25. The van der Waals surface area contributed by atoms with Crippen molar-refractivity contribution in [1.82, 2.24) is 4.98 Å². The summed E-state index contributed by atoms with van der Waals surface area (Å²) < 4.78 is 0. The van der Waals surface area contributed by atoms with Gasteiger partial charge in [-0.3, -0.25) is 0 Å². The van der Waals surface area contributed by atoms with Gasteiger partial charge in [0, 0.05) is 6.04 Å². The van der Waals surface area contributed by atoms with Crippen LogP contribution in [0, 0.1) is 0 Å². The second kappa shape index (κ2) is 4.21. The fourth-order valence-corrected chi connectivity index (χ4v) is 1.70. The second-order valence-electron chi connectivity index (χ2n) is 3.80. The molecule has 0 spiro atoms. The van der Waals surface area contributed by atoms with Crippen molar-refractivity contribution in [2.45, 2.75) is 25.3 Å². The van der Waals surface area contributed by atoms with Gasteiger partial charge in [-0.1, -0.05) is 12.2 Å². The van der Waals surface area contributed by atoms with E-state index in [0.717, 1.165) is 25.1 Å². The van der Waals surface area contributed by atoms with Crippen LogP contribution in [-0.2, 0) is 0 Å². The predicted molar refractivity (Wildman–Crippen MR) is 63.5 cm³/mol. The van der Waals surface area contributed by atoms with Gasteiger partial charge in [0.15, 0.2) is 0 Å². The molecule has 1 aliphatic rings. The van der Waals surface area contributed by atoms with Gasteiger partial charge in [0.05, 0.1) is 5.69 Å². The number of nitrogens with two attached hydrogens (primary N) is 2. The van der Waals surface area contributed by atoms with Gasteiger partial charge in [0.2, 0.25) is 0 Å². The molecule has 1 heterocycles. The van der Waals surface area contributed by atoms with Gasteiger partial charge < -0.3 is 16.8 Å². The smallest absolute Gasteiger partial charge is 0.149 e. The number of nitrogens with one attached hydrogen (secondary N) is 1. The van der Waals surface area contributed by atoms with Crippen LogP contribution in [0.5, 0.6) is 0 Å². The predicted octanol–water partition coefficient (Wildman–Crippen LogP) is 1.77. The van der Waals surface area contributed by atoms with Crippen molar-refractivity contribution < 1.29 is 0 Å². The first-order valence-corrected chi connectivity index (χ1v) is 5.19. The van der Waals surface area contributed by atoms with E-state index in [1.54, 1.807) is 6.07 Å². The summed E-state index contributed by atoms with van der Waals surface area (Å²) in [5.41, 5.74) is 11.8. The molecule has 1 aliphatic carbocycles. The first-order valence-electron chi connectivity index (χ1n) is 5.19. The molecule has 0 bridgehead atoms. The summed E-state index contributed by atoms with van der Waals surface area (Å²) >= 11 is 0. The average molecular weight is 204 g/mol. The third-order valence-corrected chi connectivity index (χ3v) is 2.58. The molecule has 0 fully saturated rings. The Hall–Kier alpha value is -1.71. The highest BCUT2D eigenvalue weighted by molar-refractivity contribution is 5.61. The normalized spacial score (nSPS) is 20.1. The zero-order valence-electron chi connectivity index (χ0n) is 8.61. The SMILES string of the molecule is Nc1ccc(NC2CC=CCC2)nc1N. The van der Waals surface area contributed by atoms with Gasteiger partial charge in [0.25, 0.3) is 0 Å². The number of anilines is 3. The van der Waals surface area contributed by atoms with Crippen LogP contribution in [0.2, 0.25) is 0 Å². The monoisotopic (exact) mass is 204 g/mol. The number of hydrogen-bond acceptors (Lipinski definition) is 4. The summed E-state index contributed by atoms with van der Waals surface area (Å²) in [6, 6.07) is 4.11. The Labute approximate surface area is 89.4 Å². The van der Waals surface area contributed by atoms with E-state index in [1.165, 1.54) is 0 Å². The number of pyridine rings is 1. The number of nitrogens with zero attached hydrogens (tertiary/aromatic N) is 1. The van der Waals surface area contributed by atoms with Gasteiger partial charge >= 0.3 is 0 Å². The Morgan fingerprint density at radius 2 is 2.13 bits per heavy atom. The Morgan fingerprint density at radius 3 is 2.80 bits per heavy atom. The molecule has 1 aromatic rings. The van der Waals surface area contributed by atoms with Crippen molar-refractivity contribution in [2.24, 2.45) is 0 Å². The van der Waals surface area contributed by atoms with Crippen LogP contribution in [0.15, 0.2) is 24.3 Å². The summed E-state index contributed by atoms with van der Waals surface area (Å²) in [4.78, 5) is 4.18. The molecule has 80 valence electrons. The number of nitrogen functional groups attached to an aromatic ring is 2. The maximum absolute atomic E-state index is 5.64. The third-order valence-electron chi connectivity index (χ3n) is 2.58. The van der Waals surface area contributed by atoms with Gasteiger partial charge in [-0.2, -0.15) is 0 Å². The first kappa shape index (κ1) is 9.83. The first-order chi connectivity index (χ1) is 7.25. The van der Waals surface area contributed by atoms with Crippen LogP contribution < -0.4 is 16.8 Å². The molecule has 0 saturated heterocycles. The second-order valence-corrected chi connectivity index (χ2v) is 3.80. The molecule has 0 radical (unpaired) electrons. The summed E-state index contributed by atoms with van der Waals surface area (Å²) in [5.74, 6) is 1.20. The lowest BCUT2D eigenvalue weighted by atomic mass is 10.0. The van der Waals surface area contributed by atoms with E-state index in [0.29, 0.717) is 17.5 Å². The van der Waals surface area contributed by atoms with Crippen molar-refractivity contribution in [2.75, 3.05) is 16.8 Å². The number of allylic oxidation sites excluding steroid dienone is 1. The Balaban J connectivity index is 2.04. The van der Waals surface area contributed by atoms with E-state index < -0.39 is 0 Å². The van der Waals surface area contributed by atoms with E-state index in [-0.39, 0.29) is 0 Å². The van der Waals surface area contributed by atoms with Crippen molar-refractivity contribution in [3.05, 3.63) is 24.3 Å². The van der Waals surface area contributed by atoms with Gasteiger partial charge in [-0.05, 0) is 31.4 Å². The summed E-state index contributed by atoms with van der Waals surface area (Å²) in [5, 5.41) is 3.35. The van der Waals surface area contributed by atoms with Crippen molar-refractivity contribution in [3.8, 4) is 0 Å². The minimum atomic E-state index is 0.395. The van der Waals surface area contributed by atoms with Gasteiger partial charge in [0.1, 0.15) is 11.6 Å². The lowest BCUT2D eigenvalue weighted by Gasteiger charge is -2.20. The maximum Gasteiger partial charge on any atom is 0.149 e. The highest BCUT2D eigenvalue weighted by Crippen LogP contribution is 2.19. The molecule has 0 saturated carbocycles. The number of rotatable bonds is 2. The summed E-state index contributed by atoms with van der Waals surface area (Å²) in [6.07, 6.45) is 7.72. The molecule has 0 amide bonds. The largest absolute Gasteiger partial charge is 0.396 e. The zero-order chi connectivity index (χ0) is 10.7. The highest BCUT2D eigenvalue weighted by Gasteiger charge is 2.10. The summed E-state index contributed by atoms with van der Waals surface area (Å²) in [7, 11) is 0. The van der Waals surface area contributed by atoms with Gasteiger partial charge in [-0.15, -0.1) is 0 Å². The lowest BCUT2D eigenvalue weighted by Crippen LogP contribution is -2.21. The van der Waals surface area contributed by atoms with Crippen LogP contribution >= 0.6 is 0 Å². The van der Waals surface area contributed by atoms with E-state index in [2.05, 4.69) is 22.5 Å². The standard InChI is InChI=1S/C11H16N4/c12-9-6-7-10(15-11(9)13)14-8-4-2-1-3-5-8/h1-2,6-8H,3-5,12H2,(H3,13,14,15). The van der Waals surface area contributed by atoms with Crippen LogP contribution in [0.1, 0.15) is 19.3 Å². The topological polar surface area (TPSA) is 77.0 Å². The molecular weight excluding hydrogens is 188 g/mol. The van der Waals surface area contributed by atoms with Gasteiger partial charge in [-0.25, -0.2) is 4.98 Å². The quantitative estimate of drug-likeness (QED) is 0.641. The fraction of sp³-hybridized carbons (Fsp3) is 0.364. The van der Waals surface area contributed by atoms with Crippen molar-refractivity contribution >= 4 is 17.3 Å². The molecule has 0 aliphatic heterocycles. The zero-order valence-corrected chi connectivity index (χ0v) is 8.61. The third kappa shape index (κ3) is 2.40. The molecule has 1 atom stereocenters. The van der Waals surface area contributed by atoms with E-state index in [4.69, 9.17) is 11.5 Å². The molecule has 0 aromatic carbocycles. The molecule has 1 aromatic heterocycles. The fourth-order valence-electron chi connectivity index (χ4n) is 1.70. The number of hydrogen-bond donors (Lipinski definition) is 3. The Kier molecular flexibility index (Phi) is 2.76. The van der Waals surface area contributed by atoms with E-state index in [1.807, 2.05) is 6.07 Å². The Morgan fingerprint density at radius 1 is 1.27 bits per heavy atom. The van der Waals surface area contributed by atoms with Crippen LogP contribution in [0.25, 0.3) is 0 Å². The number of aromatic nitrogens is 1. The highest BCUT2D eigenvalue weighted by atomic mass is 15.0. The molecule has 15 heavy (non-hydrogen) atoms. The van der Waals surface area contributed by atoms with Crippen molar-refractivity contribution in [3.63, 3.8) is 0 Å². The Bertz CT molecular complexity index is 373. The van der Waals surface area contributed by atoms with Crippen LogP contribution in [-0.4, -0.2) is 11.0 Å². The minimum absolute atomic E-state index is 0.395. The molecular formula is C11H16N4. The molecule has 4 heteroatoms. The maximum atomic E-state index is 5.64. The van der Waals surface area contributed by atoms with Crippen LogP contribution in [0.4, 0.5) is 17.3 Å². The van der Waals surface area contributed by atoms with E-state index in [9.17, 15) is 0 Å². The minimum Gasteiger partial charge on any atom is -0.396 e. The van der Waals surface area contributed by atoms with Crippen molar-refractivity contribution in [1.29, 1.82) is 0 Å². The molecule has 2 rings (SSSR count). The molecule has 1 unspecified atom stereocenters. The van der Waals surface area contributed by atoms with E-state index >= 15 is 0 Å². The molecule has 4 nitrogen and oxygen atoms in total. The molecule has 5 N–H and O–H groups in total. The summed E-state index contributed by atoms with van der Waals surface area (Å²) in [6.45, 7) is 0. The van der Waals surface area contributed by atoms with Crippen LogP contribution in [0.3, 0.4) is 0 Å². The lowest BCUT2D eigenvalue weighted by molar-refractivity contribution is 0.642.